The third kappa shape index (κ3) is 3.63. The van der Waals surface area contributed by atoms with Crippen LogP contribution in [0.4, 0.5) is 5.82 Å². The number of rotatable bonds is 5. The minimum Gasteiger partial charge on any atom is -0.359 e. The number of hydrogen-bond donors (Lipinski definition) is 0. The molecule has 0 aliphatic carbocycles. The largest absolute Gasteiger partial charge is 0.359 e. The molecule has 0 unspecified atom stereocenters. The van der Waals surface area contributed by atoms with Gasteiger partial charge in [0.05, 0.1) is 6.20 Å². The summed E-state index contributed by atoms with van der Waals surface area (Å²) < 4.78 is 5.08. The van der Waals surface area contributed by atoms with Gasteiger partial charge in [-0.15, -0.1) is 0 Å². The van der Waals surface area contributed by atoms with Gasteiger partial charge in [0.25, 0.3) is 5.91 Å². The van der Waals surface area contributed by atoms with Crippen LogP contribution in [0.15, 0.2) is 29.2 Å². The highest BCUT2D eigenvalue weighted by atomic mass is 16.5. The molecule has 0 saturated carbocycles. The molecule has 2 aromatic rings. The maximum atomic E-state index is 12.7. The van der Waals surface area contributed by atoms with Crippen LogP contribution in [0.25, 0.3) is 0 Å². The Kier molecular flexibility index (Phi) is 4.64. The van der Waals surface area contributed by atoms with E-state index in [2.05, 4.69) is 29.0 Å². The molecule has 21 heavy (non-hydrogen) atoms. The summed E-state index contributed by atoms with van der Waals surface area (Å²) in [7, 11) is 1.83. The van der Waals surface area contributed by atoms with Gasteiger partial charge in [-0.2, -0.15) is 0 Å². The zero-order valence-corrected chi connectivity index (χ0v) is 12.6. The second-order valence-electron chi connectivity index (χ2n) is 5.24. The van der Waals surface area contributed by atoms with Gasteiger partial charge in [0, 0.05) is 32.1 Å². The Morgan fingerprint density at radius 2 is 2.14 bits per heavy atom. The van der Waals surface area contributed by atoms with E-state index in [1.165, 1.54) is 23.6 Å². The molecule has 0 fully saturated rings. The molecule has 0 bridgehead atoms. The van der Waals surface area contributed by atoms with Crippen molar-refractivity contribution in [1.82, 2.24) is 20.1 Å². The summed E-state index contributed by atoms with van der Waals surface area (Å²) in [5.41, 5.74) is 0.258. The van der Waals surface area contributed by atoms with Gasteiger partial charge in [0.2, 0.25) is 0 Å². The lowest BCUT2D eigenvalue weighted by Gasteiger charge is -2.30. The molecule has 0 N–H and O–H groups in total. The number of hydrazine groups is 1. The van der Waals surface area contributed by atoms with Crippen LogP contribution in [0.3, 0.4) is 0 Å². The summed E-state index contributed by atoms with van der Waals surface area (Å²) in [4.78, 5) is 20.7. The first-order valence-electron chi connectivity index (χ1n) is 6.74. The van der Waals surface area contributed by atoms with E-state index in [1.54, 1.807) is 18.0 Å². The minimum absolute atomic E-state index is 0.258. The quantitative estimate of drug-likeness (QED) is 0.783. The second kappa shape index (κ2) is 6.45. The van der Waals surface area contributed by atoms with Crippen molar-refractivity contribution < 1.29 is 9.32 Å². The predicted octanol–water partition coefficient (Wildman–Crippen LogP) is 1.92. The topological polar surface area (TPSA) is 75.4 Å². The Labute approximate surface area is 123 Å². The lowest BCUT2D eigenvalue weighted by atomic mass is 10.2. The van der Waals surface area contributed by atoms with Crippen molar-refractivity contribution in [2.45, 2.75) is 20.8 Å². The fourth-order valence-corrected chi connectivity index (χ4v) is 2.02. The summed E-state index contributed by atoms with van der Waals surface area (Å²) in [5.74, 6) is 1.17. The number of aryl methyl sites for hydroxylation is 1. The van der Waals surface area contributed by atoms with Gasteiger partial charge in [-0.05, 0) is 12.8 Å². The highest BCUT2D eigenvalue weighted by Gasteiger charge is 2.26. The maximum Gasteiger partial charge on any atom is 0.294 e. The first-order valence-corrected chi connectivity index (χ1v) is 6.74. The average Bonchev–Trinajstić information content (AvgIpc) is 2.85. The number of carbonyl (C=O) groups is 1. The Morgan fingerprint density at radius 3 is 2.67 bits per heavy atom. The van der Waals surface area contributed by atoms with Gasteiger partial charge in [-0.3, -0.25) is 9.78 Å². The molecular weight excluding hydrogens is 270 g/mol. The fraction of sp³-hybridized carbons (Fsp3) is 0.429. The predicted molar refractivity (Wildman–Crippen MR) is 77.5 cm³/mol. The van der Waals surface area contributed by atoms with Crippen LogP contribution in [-0.2, 0) is 0 Å². The molecular formula is C14H19N5O2. The average molecular weight is 289 g/mol. The van der Waals surface area contributed by atoms with Gasteiger partial charge in [-0.1, -0.05) is 19.0 Å². The fourth-order valence-electron chi connectivity index (χ4n) is 2.02. The van der Waals surface area contributed by atoms with Gasteiger partial charge in [0.1, 0.15) is 11.5 Å². The van der Waals surface area contributed by atoms with Crippen molar-refractivity contribution in [1.29, 1.82) is 0 Å². The minimum atomic E-state index is -0.292. The molecule has 1 amide bonds. The number of anilines is 1. The van der Waals surface area contributed by atoms with Gasteiger partial charge < -0.3 is 4.52 Å². The summed E-state index contributed by atoms with van der Waals surface area (Å²) in [6, 6.07) is 1.71. The molecule has 0 saturated heterocycles. The van der Waals surface area contributed by atoms with Crippen LogP contribution < -0.4 is 5.01 Å². The molecule has 0 atom stereocenters. The van der Waals surface area contributed by atoms with Crippen LogP contribution in [-0.4, -0.2) is 39.6 Å². The molecule has 0 aliphatic rings. The van der Waals surface area contributed by atoms with Crippen molar-refractivity contribution in [3.63, 3.8) is 0 Å². The Hall–Kier alpha value is -2.28. The number of hydrogen-bond acceptors (Lipinski definition) is 6. The lowest BCUT2D eigenvalue weighted by Crippen LogP contribution is -2.46. The Morgan fingerprint density at radius 1 is 1.38 bits per heavy atom. The van der Waals surface area contributed by atoms with Gasteiger partial charge in [0.15, 0.2) is 5.82 Å². The maximum absolute atomic E-state index is 12.7. The number of carbonyl (C=O) groups excluding carboxylic acids is 1. The van der Waals surface area contributed by atoms with E-state index in [9.17, 15) is 4.79 Å². The molecule has 7 nitrogen and oxygen atoms in total. The van der Waals surface area contributed by atoms with Crippen molar-refractivity contribution in [2.24, 2.45) is 5.92 Å². The molecule has 7 heteroatoms. The number of amides is 1. The van der Waals surface area contributed by atoms with Crippen molar-refractivity contribution in [3.05, 3.63) is 36.1 Å². The van der Waals surface area contributed by atoms with Crippen LogP contribution in [0.1, 0.15) is 30.1 Å². The van der Waals surface area contributed by atoms with Crippen LogP contribution in [0, 0.1) is 12.8 Å². The van der Waals surface area contributed by atoms with E-state index >= 15 is 0 Å². The molecule has 2 aromatic heterocycles. The highest BCUT2D eigenvalue weighted by Crippen LogP contribution is 2.18. The van der Waals surface area contributed by atoms with Gasteiger partial charge >= 0.3 is 0 Å². The smallest absolute Gasteiger partial charge is 0.294 e. The van der Waals surface area contributed by atoms with Crippen LogP contribution in [0.5, 0.6) is 0 Å². The van der Waals surface area contributed by atoms with E-state index in [1.807, 2.05) is 7.05 Å². The molecule has 2 heterocycles. The zero-order valence-electron chi connectivity index (χ0n) is 12.6. The third-order valence-corrected chi connectivity index (χ3v) is 2.78. The summed E-state index contributed by atoms with van der Waals surface area (Å²) >= 11 is 0. The van der Waals surface area contributed by atoms with E-state index in [0.29, 0.717) is 24.0 Å². The second-order valence-corrected chi connectivity index (χ2v) is 5.24. The zero-order chi connectivity index (χ0) is 15.4. The Bertz CT molecular complexity index is 596. The molecule has 2 rings (SSSR count). The SMILES string of the molecule is Cc1cc(N(C(=O)c2cnccn2)N(C)CC(C)C)no1. The van der Waals surface area contributed by atoms with E-state index in [0.717, 1.165) is 0 Å². The van der Waals surface area contributed by atoms with Crippen molar-refractivity contribution in [2.75, 3.05) is 18.6 Å². The Balaban J connectivity index is 2.34. The van der Waals surface area contributed by atoms with Crippen molar-refractivity contribution in [3.8, 4) is 0 Å². The summed E-state index contributed by atoms with van der Waals surface area (Å²) in [5, 5.41) is 7.19. The number of aromatic nitrogens is 3. The first kappa shape index (κ1) is 15.1. The molecule has 0 radical (unpaired) electrons. The van der Waals surface area contributed by atoms with E-state index in [-0.39, 0.29) is 11.6 Å². The van der Waals surface area contributed by atoms with E-state index in [4.69, 9.17) is 4.52 Å². The van der Waals surface area contributed by atoms with Crippen molar-refractivity contribution >= 4 is 11.7 Å². The van der Waals surface area contributed by atoms with Gasteiger partial charge in [-0.25, -0.2) is 15.0 Å². The normalized spacial score (nSPS) is 11.1. The molecule has 0 aliphatic heterocycles. The highest BCUT2D eigenvalue weighted by molar-refractivity contribution is 6.03. The third-order valence-electron chi connectivity index (χ3n) is 2.78. The van der Waals surface area contributed by atoms with Crippen LogP contribution in [0.2, 0.25) is 0 Å². The molecule has 0 spiro atoms. The molecule has 112 valence electrons. The molecule has 0 aromatic carbocycles. The first-order chi connectivity index (χ1) is 9.99. The van der Waals surface area contributed by atoms with Crippen LogP contribution >= 0.6 is 0 Å². The number of nitrogens with zero attached hydrogens (tertiary/aromatic N) is 5. The lowest BCUT2D eigenvalue weighted by molar-refractivity contribution is 0.0897. The standard InChI is InChI=1S/C14H19N5O2/c1-10(2)9-18(4)19(13-7-11(3)21-17-13)14(20)12-8-15-5-6-16-12/h5-8,10H,9H2,1-4H3. The van der Waals surface area contributed by atoms with E-state index < -0.39 is 0 Å². The monoisotopic (exact) mass is 289 g/mol. The summed E-state index contributed by atoms with van der Waals surface area (Å²) in [6.07, 6.45) is 4.45. The summed E-state index contributed by atoms with van der Waals surface area (Å²) in [6.45, 7) is 6.63.